The van der Waals surface area contributed by atoms with Crippen LogP contribution in [0.25, 0.3) is 11.4 Å². The van der Waals surface area contributed by atoms with Gasteiger partial charge in [0.25, 0.3) is 0 Å². The zero-order valence-electron chi connectivity index (χ0n) is 16.3. The van der Waals surface area contributed by atoms with Crippen molar-refractivity contribution in [2.75, 3.05) is 0 Å². The fourth-order valence-electron chi connectivity index (χ4n) is 2.99. The highest BCUT2D eigenvalue weighted by molar-refractivity contribution is 6.33. The minimum Gasteiger partial charge on any atom is -0.480 e. The summed E-state index contributed by atoms with van der Waals surface area (Å²) >= 11 is 6.27. The minimum atomic E-state index is -4.42. The Morgan fingerprint density at radius 2 is 1.73 bits per heavy atom. The van der Waals surface area contributed by atoms with Crippen LogP contribution in [-0.2, 0) is 18.8 Å². The lowest BCUT2D eigenvalue weighted by molar-refractivity contribution is -0.137. The van der Waals surface area contributed by atoms with Crippen molar-refractivity contribution in [1.82, 2.24) is 14.8 Å². The van der Waals surface area contributed by atoms with E-state index in [0.29, 0.717) is 17.2 Å². The normalized spacial score (nSPS) is 12.1. The first-order chi connectivity index (χ1) is 13.9. The summed E-state index contributed by atoms with van der Waals surface area (Å²) in [7, 11) is 1.71. The summed E-state index contributed by atoms with van der Waals surface area (Å²) in [5.74, 6) is 0.497. The molecule has 0 saturated heterocycles. The summed E-state index contributed by atoms with van der Waals surface area (Å²) in [6.45, 7) is 3.44. The molecule has 1 heterocycles. The maximum atomic E-state index is 12.7. The Balaban J connectivity index is 1.90. The molecule has 0 spiro atoms. The number of nitrogens with two attached hydrogens (primary N) is 1. The van der Waals surface area contributed by atoms with Crippen molar-refractivity contribution in [2.24, 2.45) is 12.8 Å². The number of amides is 1. The number of carbonyl (C=O) groups excluding carboxylic acids is 1. The number of benzene rings is 2. The Morgan fingerprint density at radius 1 is 1.10 bits per heavy atom. The van der Waals surface area contributed by atoms with Crippen LogP contribution in [0.4, 0.5) is 13.2 Å². The fourth-order valence-corrected chi connectivity index (χ4v) is 3.26. The monoisotopic (exact) mass is 438 g/mol. The van der Waals surface area contributed by atoms with Crippen LogP contribution in [0.2, 0.25) is 5.02 Å². The molecule has 2 N–H and O–H groups in total. The van der Waals surface area contributed by atoms with Crippen LogP contribution in [0.5, 0.6) is 5.75 Å². The van der Waals surface area contributed by atoms with Gasteiger partial charge in [0.05, 0.1) is 10.6 Å². The van der Waals surface area contributed by atoms with Gasteiger partial charge >= 0.3 is 6.18 Å². The zero-order valence-corrected chi connectivity index (χ0v) is 17.0. The summed E-state index contributed by atoms with van der Waals surface area (Å²) in [6, 6.07) is 8.99. The number of hydrogen-bond donors (Lipinski definition) is 1. The van der Waals surface area contributed by atoms with Crippen LogP contribution in [-0.4, -0.2) is 20.7 Å². The number of nitrogens with zero attached hydrogens (tertiary/aromatic N) is 3. The first-order valence-electron chi connectivity index (χ1n) is 8.76. The lowest BCUT2D eigenvalue weighted by atomic mass is 10.1. The van der Waals surface area contributed by atoms with Gasteiger partial charge in [0, 0.05) is 18.2 Å². The molecule has 2 aromatic carbocycles. The standard InChI is InChI=1S/C20H18ClF3N4O2/c1-19(2,30-13-7-5-12(6-8-13)20(22,23)24)18-27-26-17(28(18)3)14-9-4-11(16(25)29)10-15(14)21/h4-10H,1-3H3,(H2,25,29). The van der Waals surface area contributed by atoms with E-state index in [1.54, 1.807) is 31.5 Å². The lowest BCUT2D eigenvalue weighted by Gasteiger charge is -2.25. The molecule has 10 heteroatoms. The number of primary amides is 1. The minimum absolute atomic E-state index is 0.251. The molecule has 0 fully saturated rings. The van der Waals surface area contributed by atoms with Crippen LogP contribution in [0, 0.1) is 0 Å². The van der Waals surface area contributed by atoms with Gasteiger partial charge in [-0.1, -0.05) is 11.6 Å². The van der Waals surface area contributed by atoms with Gasteiger partial charge < -0.3 is 15.0 Å². The molecule has 0 aliphatic rings. The third-order valence-corrected chi connectivity index (χ3v) is 4.78. The lowest BCUT2D eigenvalue weighted by Crippen LogP contribution is -2.29. The molecule has 3 rings (SSSR count). The van der Waals surface area contributed by atoms with E-state index in [2.05, 4.69) is 10.2 Å². The number of carbonyl (C=O) groups is 1. The van der Waals surface area contributed by atoms with Crippen LogP contribution >= 0.6 is 11.6 Å². The molecule has 0 atom stereocenters. The summed E-state index contributed by atoms with van der Waals surface area (Å²) in [5.41, 5.74) is 4.28. The summed E-state index contributed by atoms with van der Waals surface area (Å²) in [4.78, 5) is 11.3. The van der Waals surface area contributed by atoms with Gasteiger partial charge in [-0.2, -0.15) is 13.2 Å². The second-order valence-corrected chi connectivity index (χ2v) is 7.51. The Bertz CT molecular complexity index is 1090. The summed E-state index contributed by atoms with van der Waals surface area (Å²) < 4.78 is 45.8. The van der Waals surface area contributed by atoms with Gasteiger partial charge in [-0.05, 0) is 56.3 Å². The van der Waals surface area contributed by atoms with Crippen LogP contribution in [0.3, 0.4) is 0 Å². The van der Waals surface area contributed by atoms with Crippen molar-refractivity contribution >= 4 is 17.5 Å². The number of rotatable bonds is 5. The fraction of sp³-hybridized carbons (Fsp3) is 0.250. The molecule has 1 amide bonds. The quantitative estimate of drug-likeness (QED) is 0.632. The van der Waals surface area contributed by atoms with E-state index >= 15 is 0 Å². The van der Waals surface area contributed by atoms with E-state index in [1.807, 2.05) is 0 Å². The smallest absolute Gasteiger partial charge is 0.416 e. The van der Waals surface area contributed by atoms with Crippen molar-refractivity contribution in [3.05, 3.63) is 64.4 Å². The van der Waals surface area contributed by atoms with Gasteiger partial charge in [-0.3, -0.25) is 4.79 Å². The first-order valence-corrected chi connectivity index (χ1v) is 9.14. The van der Waals surface area contributed by atoms with Crippen LogP contribution in [0.1, 0.15) is 35.6 Å². The Hall–Kier alpha value is -3.07. The van der Waals surface area contributed by atoms with Crippen molar-refractivity contribution in [3.8, 4) is 17.1 Å². The molecule has 1 aromatic heterocycles. The number of aromatic nitrogens is 3. The zero-order chi connectivity index (χ0) is 22.3. The van der Waals surface area contributed by atoms with E-state index in [4.69, 9.17) is 22.1 Å². The largest absolute Gasteiger partial charge is 0.480 e. The van der Waals surface area contributed by atoms with Crippen molar-refractivity contribution in [1.29, 1.82) is 0 Å². The highest BCUT2D eigenvalue weighted by Gasteiger charge is 2.32. The topological polar surface area (TPSA) is 83.0 Å². The number of halogens is 4. The first kappa shape index (κ1) is 21.6. The van der Waals surface area contributed by atoms with Crippen LogP contribution < -0.4 is 10.5 Å². The second-order valence-electron chi connectivity index (χ2n) is 7.10. The van der Waals surface area contributed by atoms with Gasteiger partial charge in [0.2, 0.25) is 5.91 Å². The third-order valence-electron chi connectivity index (χ3n) is 4.46. The number of hydrogen-bond acceptors (Lipinski definition) is 4. The molecule has 158 valence electrons. The molecule has 0 unspecified atom stereocenters. The van der Waals surface area contributed by atoms with Crippen molar-refractivity contribution in [3.63, 3.8) is 0 Å². The molecule has 3 aromatic rings. The summed E-state index contributed by atoms with van der Waals surface area (Å²) in [5, 5.41) is 8.61. The van der Waals surface area contributed by atoms with Crippen molar-refractivity contribution < 1.29 is 22.7 Å². The van der Waals surface area contributed by atoms with Crippen molar-refractivity contribution in [2.45, 2.75) is 25.6 Å². The molecule has 30 heavy (non-hydrogen) atoms. The molecule has 6 nitrogen and oxygen atoms in total. The molecular formula is C20H18ClF3N4O2. The van der Waals surface area contributed by atoms with E-state index in [0.717, 1.165) is 12.1 Å². The Kier molecular flexibility index (Phi) is 5.51. The van der Waals surface area contributed by atoms with Gasteiger partial charge in [-0.15, -0.1) is 10.2 Å². The molecule has 0 aliphatic carbocycles. The average Bonchev–Trinajstić information content (AvgIpc) is 3.03. The van der Waals surface area contributed by atoms with E-state index in [9.17, 15) is 18.0 Å². The maximum Gasteiger partial charge on any atom is 0.416 e. The predicted octanol–water partition coefficient (Wildman–Crippen LogP) is 4.57. The summed E-state index contributed by atoms with van der Waals surface area (Å²) in [6.07, 6.45) is -4.42. The van der Waals surface area contributed by atoms with E-state index in [1.165, 1.54) is 24.3 Å². The second kappa shape index (κ2) is 7.64. The molecule has 0 bridgehead atoms. The number of ether oxygens (including phenoxy) is 1. The Morgan fingerprint density at radius 3 is 2.27 bits per heavy atom. The van der Waals surface area contributed by atoms with Gasteiger partial charge in [0.1, 0.15) is 5.75 Å². The SMILES string of the molecule is Cn1c(-c2ccc(C(N)=O)cc2Cl)nnc1C(C)(C)Oc1ccc(C(F)(F)F)cc1. The Labute approximate surface area is 175 Å². The molecule has 0 radical (unpaired) electrons. The van der Waals surface area contributed by atoms with Gasteiger partial charge in [0.15, 0.2) is 17.2 Å². The molecule has 0 saturated carbocycles. The third kappa shape index (κ3) is 4.25. The average molecular weight is 439 g/mol. The van der Waals surface area contributed by atoms with E-state index < -0.39 is 23.2 Å². The molecular weight excluding hydrogens is 421 g/mol. The number of alkyl halides is 3. The maximum absolute atomic E-state index is 12.7. The molecule has 0 aliphatic heterocycles. The van der Waals surface area contributed by atoms with E-state index in [-0.39, 0.29) is 16.3 Å². The van der Waals surface area contributed by atoms with Gasteiger partial charge in [-0.25, -0.2) is 0 Å². The van der Waals surface area contributed by atoms with Crippen LogP contribution in [0.15, 0.2) is 42.5 Å². The highest BCUT2D eigenvalue weighted by atomic mass is 35.5. The predicted molar refractivity (Wildman–Crippen MR) is 105 cm³/mol. The highest BCUT2D eigenvalue weighted by Crippen LogP contribution is 2.34.